The minimum atomic E-state index is 0.109. The smallest absolute Gasteiger partial charge is 0.240 e. The summed E-state index contributed by atoms with van der Waals surface area (Å²) in [4.78, 5) is 12.1. The second-order valence-electron chi connectivity index (χ2n) is 5.59. The van der Waals surface area contributed by atoms with Gasteiger partial charge in [0.1, 0.15) is 6.54 Å². The van der Waals surface area contributed by atoms with Crippen LogP contribution in [0.15, 0.2) is 30.5 Å². The zero-order valence-corrected chi connectivity index (χ0v) is 11.6. The number of benzene rings is 1. The third kappa shape index (κ3) is 2.70. The second kappa shape index (κ2) is 5.67. The number of nitrogens with zero attached hydrogens (tertiary/aromatic N) is 1. The SMILES string of the molecule is NCc1ccc2c(ccn2CC(=O)NC2CCCC2)c1. The predicted octanol–water partition coefficient (Wildman–Crippen LogP) is 2.16. The van der Waals surface area contributed by atoms with Gasteiger partial charge in [0.15, 0.2) is 0 Å². The van der Waals surface area contributed by atoms with Gasteiger partial charge in [0.2, 0.25) is 5.91 Å². The van der Waals surface area contributed by atoms with E-state index in [0.717, 1.165) is 29.3 Å². The van der Waals surface area contributed by atoms with Gasteiger partial charge in [-0.25, -0.2) is 0 Å². The van der Waals surface area contributed by atoms with Crippen molar-refractivity contribution >= 4 is 16.8 Å². The number of hydrogen-bond acceptors (Lipinski definition) is 2. The van der Waals surface area contributed by atoms with E-state index in [0.29, 0.717) is 19.1 Å². The van der Waals surface area contributed by atoms with Crippen molar-refractivity contribution in [2.75, 3.05) is 0 Å². The summed E-state index contributed by atoms with van der Waals surface area (Å²) in [6.45, 7) is 0.936. The van der Waals surface area contributed by atoms with Gasteiger partial charge in [-0.05, 0) is 42.0 Å². The summed E-state index contributed by atoms with van der Waals surface area (Å²) in [7, 11) is 0. The number of nitrogens with two attached hydrogens (primary N) is 1. The third-order valence-electron chi connectivity index (χ3n) is 4.11. The Bertz CT molecular complexity index is 611. The molecule has 0 atom stereocenters. The van der Waals surface area contributed by atoms with Crippen molar-refractivity contribution in [1.29, 1.82) is 0 Å². The van der Waals surface area contributed by atoms with Gasteiger partial charge in [-0.15, -0.1) is 0 Å². The van der Waals surface area contributed by atoms with Crippen LogP contribution in [0.4, 0.5) is 0 Å². The van der Waals surface area contributed by atoms with E-state index in [4.69, 9.17) is 5.73 Å². The van der Waals surface area contributed by atoms with Gasteiger partial charge in [0, 0.05) is 24.3 Å². The van der Waals surface area contributed by atoms with E-state index in [1.165, 1.54) is 12.8 Å². The molecule has 1 aromatic carbocycles. The Balaban J connectivity index is 1.72. The van der Waals surface area contributed by atoms with Crippen LogP contribution in [0, 0.1) is 0 Å². The summed E-state index contributed by atoms with van der Waals surface area (Å²) in [5.74, 6) is 0.109. The first-order chi connectivity index (χ1) is 9.76. The summed E-state index contributed by atoms with van der Waals surface area (Å²) in [5.41, 5.74) is 7.85. The average molecular weight is 271 g/mol. The molecule has 0 aliphatic heterocycles. The monoisotopic (exact) mass is 271 g/mol. The van der Waals surface area contributed by atoms with E-state index in [1.807, 2.05) is 29.0 Å². The molecule has 3 rings (SSSR count). The van der Waals surface area contributed by atoms with E-state index in [-0.39, 0.29) is 5.91 Å². The number of aromatic nitrogens is 1. The molecular formula is C16H21N3O. The molecule has 4 nitrogen and oxygen atoms in total. The van der Waals surface area contributed by atoms with Crippen LogP contribution in [0.25, 0.3) is 10.9 Å². The van der Waals surface area contributed by atoms with Crippen molar-refractivity contribution in [2.24, 2.45) is 5.73 Å². The first kappa shape index (κ1) is 13.2. The number of carbonyl (C=O) groups is 1. The Morgan fingerprint density at radius 2 is 2.10 bits per heavy atom. The number of rotatable bonds is 4. The highest BCUT2D eigenvalue weighted by atomic mass is 16.2. The highest BCUT2D eigenvalue weighted by Crippen LogP contribution is 2.19. The van der Waals surface area contributed by atoms with Crippen LogP contribution in [0.3, 0.4) is 0 Å². The Labute approximate surface area is 118 Å². The van der Waals surface area contributed by atoms with E-state index >= 15 is 0 Å². The standard InChI is InChI=1S/C16H21N3O/c17-10-12-5-6-15-13(9-12)7-8-19(15)11-16(20)18-14-3-1-2-4-14/h5-9,14H,1-4,10-11,17H2,(H,18,20). The van der Waals surface area contributed by atoms with Crippen molar-refractivity contribution in [3.05, 3.63) is 36.0 Å². The third-order valence-corrected chi connectivity index (χ3v) is 4.11. The summed E-state index contributed by atoms with van der Waals surface area (Å²) >= 11 is 0. The van der Waals surface area contributed by atoms with Gasteiger partial charge in [0.05, 0.1) is 0 Å². The van der Waals surface area contributed by atoms with Crippen LogP contribution in [-0.2, 0) is 17.9 Å². The molecule has 2 aromatic rings. The lowest BCUT2D eigenvalue weighted by Gasteiger charge is -2.12. The quantitative estimate of drug-likeness (QED) is 0.895. The first-order valence-corrected chi connectivity index (χ1v) is 7.33. The van der Waals surface area contributed by atoms with Crippen LogP contribution >= 0.6 is 0 Å². The molecule has 20 heavy (non-hydrogen) atoms. The maximum Gasteiger partial charge on any atom is 0.240 e. The molecule has 0 saturated heterocycles. The molecule has 1 aromatic heterocycles. The molecule has 3 N–H and O–H groups in total. The van der Waals surface area contributed by atoms with Gasteiger partial charge < -0.3 is 15.6 Å². The molecule has 1 saturated carbocycles. The zero-order chi connectivity index (χ0) is 13.9. The number of fused-ring (bicyclic) bond motifs is 1. The van der Waals surface area contributed by atoms with Crippen molar-refractivity contribution < 1.29 is 4.79 Å². The summed E-state index contributed by atoms with van der Waals surface area (Å²) in [6.07, 6.45) is 6.69. The highest BCUT2D eigenvalue weighted by Gasteiger charge is 2.17. The van der Waals surface area contributed by atoms with Crippen LogP contribution in [0.2, 0.25) is 0 Å². The van der Waals surface area contributed by atoms with E-state index < -0.39 is 0 Å². The first-order valence-electron chi connectivity index (χ1n) is 7.33. The fraction of sp³-hybridized carbons (Fsp3) is 0.438. The number of nitrogens with one attached hydrogen (secondary N) is 1. The Kier molecular flexibility index (Phi) is 3.74. The molecule has 1 aliphatic rings. The van der Waals surface area contributed by atoms with Gasteiger partial charge in [0.25, 0.3) is 0 Å². The average Bonchev–Trinajstić information content (AvgIpc) is 3.08. The van der Waals surface area contributed by atoms with Crippen molar-refractivity contribution in [3.8, 4) is 0 Å². The Morgan fingerprint density at radius 3 is 2.85 bits per heavy atom. The summed E-state index contributed by atoms with van der Waals surface area (Å²) in [5, 5.41) is 4.27. The number of carbonyl (C=O) groups excluding carboxylic acids is 1. The molecule has 4 heteroatoms. The lowest BCUT2D eigenvalue weighted by atomic mass is 10.1. The predicted molar refractivity (Wildman–Crippen MR) is 80.2 cm³/mol. The summed E-state index contributed by atoms with van der Waals surface area (Å²) in [6, 6.07) is 8.57. The molecule has 1 amide bonds. The molecule has 1 fully saturated rings. The fourth-order valence-corrected chi connectivity index (χ4v) is 3.01. The summed E-state index contributed by atoms with van der Waals surface area (Å²) < 4.78 is 2.00. The number of hydrogen-bond donors (Lipinski definition) is 2. The lowest BCUT2D eigenvalue weighted by molar-refractivity contribution is -0.122. The molecular weight excluding hydrogens is 250 g/mol. The van der Waals surface area contributed by atoms with E-state index in [2.05, 4.69) is 11.4 Å². The van der Waals surface area contributed by atoms with Crippen LogP contribution < -0.4 is 11.1 Å². The minimum Gasteiger partial charge on any atom is -0.352 e. The topological polar surface area (TPSA) is 60.0 Å². The second-order valence-corrected chi connectivity index (χ2v) is 5.59. The molecule has 0 bridgehead atoms. The van der Waals surface area contributed by atoms with E-state index in [9.17, 15) is 4.79 Å². The number of amides is 1. The van der Waals surface area contributed by atoms with E-state index in [1.54, 1.807) is 0 Å². The van der Waals surface area contributed by atoms with Crippen molar-refractivity contribution in [2.45, 2.75) is 44.8 Å². The van der Waals surface area contributed by atoms with Gasteiger partial charge >= 0.3 is 0 Å². The largest absolute Gasteiger partial charge is 0.352 e. The van der Waals surface area contributed by atoms with Crippen molar-refractivity contribution in [3.63, 3.8) is 0 Å². The van der Waals surface area contributed by atoms with Crippen LogP contribution in [-0.4, -0.2) is 16.5 Å². The maximum absolute atomic E-state index is 12.1. The zero-order valence-electron chi connectivity index (χ0n) is 11.6. The normalized spacial score (nSPS) is 15.8. The molecule has 1 aliphatic carbocycles. The lowest BCUT2D eigenvalue weighted by Crippen LogP contribution is -2.35. The molecule has 1 heterocycles. The Morgan fingerprint density at radius 1 is 1.30 bits per heavy atom. The molecule has 0 radical (unpaired) electrons. The molecule has 0 unspecified atom stereocenters. The maximum atomic E-state index is 12.1. The Hall–Kier alpha value is -1.81. The van der Waals surface area contributed by atoms with Gasteiger partial charge in [-0.2, -0.15) is 0 Å². The molecule has 106 valence electrons. The minimum absolute atomic E-state index is 0.109. The van der Waals surface area contributed by atoms with Crippen LogP contribution in [0.1, 0.15) is 31.2 Å². The molecule has 0 spiro atoms. The van der Waals surface area contributed by atoms with Crippen molar-refractivity contribution in [1.82, 2.24) is 9.88 Å². The van der Waals surface area contributed by atoms with Gasteiger partial charge in [-0.1, -0.05) is 18.9 Å². The fourth-order valence-electron chi connectivity index (χ4n) is 3.01. The van der Waals surface area contributed by atoms with Gasteiger partial charge in [-0.3, -0.25) is 4.79 Å². The van der Waals surface area contributed by atoms with Crippen LogP contribution in [0.5, 0.6) is 0 Å². The highest BCUT2D eigenvalue weighted by molar-refractivity contribution is 5.84.